The SMILES string of the molecule is COc1cn(C(Cc2ccccc2)C(=O)Cc2cccc(CNC(=O)OC(C)(C)C)c2)c(=O)cc1-c1cc(Cl)ccc1C(C)=O. The van der Waals surface area contributed by atoms with Crippen molar-refractivity contribution in [2.24, 2.45) is 0 Å². The molecule has 4 aromatic rings. The van der Waals surface area contributed by atoms with Crippen LogP contribution in [0.5, 0.6) is 5.75 Å². The van der Waals surface area contributed by atoms with E-state index < -0.39 is 23.3 Å². The van der Waals surface area contributed by atoms with Gasteiger partial charge in [0.2, 0.25) is 0 Å². The highest BCUT2D eigenvalue weighted by atomic mass is 35.5. The number of carbonyl (C=O) groups is 3. The fourth-order valence-electron chi connectivity index (χ4n) is 5.05. The number of ketones is 2. The second-order valence-corrected chi connectivity index (χ2v) is 12.2. The minimum absolute atomic E-state index is 0.0526. The Bertz CT molecular complexity index is 1760. The lowest BCUT2D eigenvalue weighted by molar-refractivity contribution is -0.121. The molecule has 0 radical (unpaired) electrons. The normalized spacial score (nSPS) is 11.9. The highest BCUT2D eigenvalue weighted by Gasteiger charge is 2.25. The van der Waals surface area contributed by atoms with Gasteiger partial charge >= 0.3 is 6.09 Å². The van der Waals surface area contributed by atoms with Crippen molar-refractivity contribution in [1.29, 1.82) is 0 Å². The Hall–Kier alpha value is -4.69. The Morgan fingerprint density at radius 3 is 2.24 bits per heavy atom. The van der Waals surface area contributed by atoms with Gasteiger partial charge in [0, 0.05) is 41.6 Å². The van der Waals surface area contributed by atoms with Crippen LogP contribution in [0.3, 0.4) is 0 Å². The van der Waals surface area contributed by atoms with Gasteiger partial charge in [0.1, 0.15) is 11.4 Å². The Morgan fingerprint density at radius 2 is 1.58 bits per heavy atom. The summed E-state index contributed by atoms with van der Waals surface area (Å²) >= 11 is 6.26. The van der Waals surface area contributed by atoms with Crippen LogP contribution in [0.4, 0.5) is 4.79 Å². The largest absolute Gasteiger partial charge is 0.495 e. The molecule has 4 rings (SSSR count). The molecule has 0 saturated carbocycles. The zero-order valence-corrected chi connectivity index (χ0v) is 26.8. The molecule has 0 aliphatic rings. The van der Waals surface area contributed by atoms with Gasteiger partial charge in [-0.3, -0.25) is 14.4 Å². The summed E-state index contributed by atoms with van der Waals surface area (Å²) in [4.78, 5) is 52.2. The summed E-state index contributed by atoms with van der Waals surface area (Å²) in [5.74, 6) is -0.0470. The predicted octanol–water partition coefficient (Wildman–Crippen LogP) is 7.00. The number of halogens is 1. The molecule has 1 heterocycles. The van der Waals surface area contributed by atoms with Gasteiger partial charge in [-0.1, -0.05) is 66.2 Å². The second kappa shape index (κ2) is 14.4. The van der Waals surface area contributed by atoms with Gasteiger partial charge in [0.05, 0.1) is 19.3 Å². The first-order valence-corrected chi connectivity index (χ1v) is 14.9. The van der Waals surface area contributed by atoms with E-state index in [0.29, 0.717) is 27.5 Å². The number of alkyl carbamates (subject to hydrolysis) is 1. The minimum atomic E-state index is -0.849. The van der Waals surface area contributed by atoms with Crippen LogP contribution >= 0.6 is 11.6 Å². The van der Waals surface area contributed by atoms with Gasteiger partial charge in [-0.2, -0.15) is 0 Å². The van der Waals surface area contributed by atoms with Gasteiger partial charge in [-0.25, -0.2) is 4.79 Å². The average molecular weight is 629 g/mol. The number of amides is 1. The number of hydrogen-bond donors (Lipinski definition) is 1. The Kier molecular flexibility index (Phi) is 10.6. The molecule has 0 aliphatic carbocycles. The molecule has 0 saturated heterocycles. The maximum atomic E-state index is 14.0. The zero-order valence-electron chi connectivity index (χ0n) is 26.1. The van der Waals surface area contributed by atoms with Crippen molar-refractivity contribution in [2.75, 3.05) is 7.11 Å². The van der Waals surface area contributed by atoms with Gasteiger partial charge in [-0.05, 0) is 68.1 Å². The molecule has 1 amide bonds. The number of carbonyl (C=O) groups excluding carboxylic acids is 3. The number of nitrogens with one attached hydrogen (secondary N) is 1. The molecule has 3 aromatic carbocycles. The van der Waals surface area contributed by atoms with Crippen LogP contribution in [-0.4, -0.2) is 34.9 Å². The third-order valence-electron chi connectivity index (χ3n) is 7.10. The van der Waals surface area contributed by atoms with Crippen molar-refractivity contribution < 1.29 is 23.9 Å². The minimum Gasteiger partial charge on any atom is -0.495 e. The van der Waals surface area contributed by atoms with Crippen LogP contribution in [0.1, 0.15) is 60.8 Å². The number of methoxy groups -OCH3 is 1. The highest BCUT2D eigenvalue weighted by molar-refractivity contribution is 6.31. The number of aromatic nitrogens is 1. The van der Waals surface area contributed by atoms with Crippen molar-refractivity contribution >= 4 is 29.3 Å². The smallest absolute Gasteiger partial charge is 0.407 e. The molecule has 0 fully saturated rings. The number of hydrogen-bond acceptors (Lipinski definition) is 6. The van der Waals surface area contributed by atoms with Crippen molar-refractivity contribution in [3.05, 3.63) is 123 Å². The van der Waals surface area contributed by atoms with Crippen molar-refractivity contribution in [3.8, 4) is 16.9 Å². The molecule has 9 heteroatoms. The first-order chi connectivity index (χ1) is 21.3. The van der Waals surface area contributed by atoms with Crippen LogP contribution in [0.15, 0.2) is 89.9 Å². The van der Waals surface area contributed by atoms with Crippen LogP contribution < -0.4 is 15.6 Å². The molecule has 0 bridgehead atoms. The lowest BCUT2D eigenvalue weighted by atomic mass is 9.95. The zero-order chi connectivity index (χ0) is 32.7. The number of pyridine rings is 1. The number of ether oxygens (including phenoxy) is 2. The number of rotatable bonds is 11. The summed E-state index contributed by atoms with van der Waals surface area (Å²) < 4.78 is 12.4. The summed E-state index contributed by atoms with van der Waals surface area (Å²) in [5, 5.41) is 3.14. The van der Waals surface area contributed by atoms with Crippen molar-refractivity contribution in [2.45, 2.75) is 58.7 Å². The van der Waals surface area contributed by atoms with E-state index in [4.69, 9.17) is 21.1 Å². The molecule has 234 valence electrons. The molecule has 1 atom stereocenters. The predicted molar refractivity (Wildman–Crippen MR) is 175 cm³/mol. The summed E-state index contributed by atoms with van der Waals surface area (Å²) in [6, 6.07) is 22.2. The first-order valence-electron chi connectivity index (χ1n) is 14.6. The Labute approximate surface area is 268 Å². The van der Waals surface area contributed by atoms with Gasteiger partial charge < -0.3 is 19.4 Å². The highest BCUT2D eigenvalue weighted by Crippen LogP contribution is 2.34. The van der Waals surface area contributed by atoms with E-state index >= 15 is 0 Å². The summed E-state index contributed by atoms with van der Waals surface area (Å²) in [7, 11) is 1.47. The van der Waals surface area contributed by atoms with E-state index in [2.05, 4.69) is 5.32 Å². The molecular weight excluding hydrogens is 592 g/mol. The quantitative estimate of drug-likeness (QED) is 0.179. The van der Waals surface area contributed by atoms with E-state index in [1.54, 1.807) is 39.0 Å². The summed E-state index contributed by atoms with van der Waals surface area (Å²) in [5.41, 5.74) is 2.66. The third kappa shape index (κ3) is 8.92. The third-order valence-corrected chi connectivity index (χ3v) is 7.33. The maximum absolute atomic E-state index is 14.0. The topological polar surface area (TPSA) is 104 Å². The van der Waals surface area contributed by atoms with Gasteiger partial charge in [0.15, 0.2) is 11.6 Å². The van der Waals surface area contributed by atoms with E-state index in [9.17, 15) is 19.2 Å². The number of Topliss-reactive ketones (excluding diaryl/α,β-unsaturated/α-hetero) is 2. The average Bonchev–Trinajstić information content (AvgIpc) is 2.98. The van der Waals surface area contributed by atoms with E-state index in [1.165, 1.54) is 30.9 Å². The Balaban J connectivity index is 1.68. The molecule has 8 nitrogen and oxygen atoms in total. The molecule has 1 N–H and O–H groups in total. The fraction of sp³-hybridized carbons (Fsp3) is 0.278. The molecular formula is C36H37ClN2O6. The summed E-state index contributed by atoms with van der Waals surface area (Å²) in [6.07, 6.45) is 1.32. The standard InChI is InChI=1S/C36H37ClN2O6/c1-23(40)28-15-14-27(37)19-29(28)30-20-34(42)39(22-33(30)44-5)31(17-24-10-7-6-8-11-24)32(41)18-25-12-9-13-26(16-25)21-38-35(43)45-36(2,3)4/h6-16,19-20,22,31H,17-18,21H2,1-5H3,(H,38,43). The fourth-order valence-corrected chi connectivity index (χ4v) is 5.23. The molecule has 1 aromatic heterocycles. The molecule has 1 unspecified atom stereocenters. The van der Waals surface area contributed by atoms with E-state index in [-0.39, 0.29) is 31.0 Å². The number of nitrogens with zero attached hydrogens (tertiary/aromatic N) is 1. The van der Waals surface area contributed by atoms with Crippen LogP contribution in [0.25, 0.3) is 11.1 Å². The van der Waals surface area contributed by atoms with Crippen LogP contribution in [-0.2, 0) is 28.9 Å². The van der Waals surface area contributed by atoms with E-state index in [0.717, 1.165) is 16.7 Å². The molecule has 0 aliphatic heterocycles. The van der Waals surface area contributed by atoms with Gasteiger partial charge in [0.25, 0.3) is 5.56 Å². The number of benzene rings is 3. The monoisotopic (exact) mass is 628 g/mol. The van der Waals surface area contributed by atoms with Crippen molar-refractivity contribution in [1.82, 2.24) is 9.88 Å². The maximum Gasteiger partial charge on any atom is 0.407 e. The summed E-state index contributed by atoms with van der Waals surface area (Å²) in [6.45, 7) is 7.05. The Morgan fingerprint density at radius 1 is 0.889 bits per heavy atom. The van der Waals surface area contributed by atoms with E-state index in [1.807, 2.05) is 54.6 Å². The molecule has 0 spiro atoms. The second-order valence-electron chi connectivity index (χ2n) is 11.8. The van der Waals surface area contributed by atoms with Gasteiger partial charge in [-0.15, -0.1) is 0 Å². The van der Waals surface area contributed by atoms with Crippen LogP contribution in [0.2, 0.25) is 5.02 Å². The lowest BCUT2D eigenvalue weighted by Gasteiger charge is -2.22. The van der Waals surface area contributed by atoms with Crippen molar-refractivity contribution in [3.63, 3.8) is 0 Å². The van der Waals surface area contributed by atoms with Crippen LogP contribution in [0, 0.1) is 0 Å². The first kappa shape index (κ1) is 33.2. The molecule has 45 heavy (non-hydrogen) atoms. The lowest BCUT2D eigenvalue weighted by Crippen LogP contribution is -2.32.